The summed E-state index contributed by atoms with van der Waals surface area (Å²) in [5.41, 5.74) is 0.729. The number of hydrogen-bond acceptors (Lipinski definition) is 4. The molecule has 0 aliphatic rings. The van der Waals surface area contributed by atoms with Gasteiger partial charge in [-0.3, -0.25) is 0 Å². The number of nitrogens with zero attached hydrogens (tertiary/aromatic N) is 2. The predicted octanol–water partition coefficient (Wildman–Crippen LogP) is 2.83. The number of aryl methyl sites for hydroxylation is 1. The number of hydrogen-bond donors (Lipinski definition) is 1. The highest BCUT2D eigenvalue weighted by molar-refractivity contribution is 5.88. The molecule has 1 aromatic carbocycles. The third kappa shape index (κ3) is 3.39. The van der Waals surface area contributed by atoms with Gasteiger partial charge in [-0.2, -0.15) is 5.10 Å². The van der Waals surface area contributed by atoms with E-state index in [4.69, 9.17) is 4.74 Å². The normalized spacial score (nSPS) is 10.4. The van der Waals surface area contributed by atoms with Gasteiger partial charge >= 0.3 is 5.97 Å². The molecule has 0 aliphatic carbocycles. The van der Waals surface area contributed by atoms with E-state index >= 15 is 0 Å². The van der Waals surface area contributed by atoms with Gasteiger partial charge in [0.2, 0.25) is 5.69 Å². The monoisotopic (exact) mass is 291 g/mol. The first-order chi connectivity index (χ1) is 10.2. The molecule has 0 saturated heterocycles. The fourth-order valence-corrected chi connectivity index (χ4v) is 1.95. The molecule has 2 aromatic rings. The number of halogens is 1. The van der Waals surface area contributed by atoms with Crippen molar-refractivity contribution in [2.75, 3.05) is 11.9 Å². The largest absolute Gasteiger partial charge is 0.461 e. The van der Waals surface area contributed by atoms with Crippen molar-refractivity contribution in [3.63, 3.8) is 0 Å². The molecular weight excluding hydrogens is 273 g/mol. The molecule has 2 rings (SSSR count). The number of aromatic nitrogens is 2. The van der Waals surface area contributed by atoms with Crippen LogP contribution in [0.5, 0.6) is 0 Å². The molecule has 6 heteroatoms. The molecule has 0 fully saturated rings. The molecule has 0 atom stereocenters. The molecule has 112 valence electrons. The van der Waals surface area contributed by atoms with Crippen molar-refractivity contribution >= 4 is 11.8 Å². The van der Waals surface area contributed by atoms with Gasteiger partial charge in [-0.1, -0.05) is 30.3 Å². The zero-order chi connectivity index (χ0) is 15.2. The van der Waals surface area contributed by atoms with Crippen LogP contribution in [0.3, 0.4) is 0 Å². The van der Waals surface area contributed by atoms with E-state index in [2.05, 4.69) is 10.4 Å². The zero-order valence-electron chi connectivity index (χ0n) is 12.1. The van der Waals surface area contributed by atoms with Gasteiger partial charge < -0.3 is 10.1 Å². The van der Waals surface area contributed by atoms with Crippen LogP contribution in [-0.4, -0.2) is 22.4 Å². The Morgan fingerprint density at radius 2 is 2.05 bits per heavy atom. The van der Waals surface area contributed by atoms with Gasteiger partial charge in [0.25, 0.3) is 0 Å². The van der Waals surface area contributed by atoms with Gasteiger partial charge in [-0.15, -0.1) is 0 Å². The molecule has 0 aliphatic heterocycles. The van der Waals surface area contributed by atoms with Crippen molar-refractivity contribution in [1.82, 2.24) is 9.78 Å². The van der Waals surface area contributed by atoms with Crippen molar-refractivity contribution in [1.29, 1.82) is 0 Å². The average molecular weight is 291 g/mol. The topological polar surface area (TPSA) is 56.1 Å². The summed E-state index contributed by atoms with van der Waals surface area (Å²) in [6.45, 7) is 4.58. The van der Waals surface area contributed by atoms with Gasteiger partial charge in [-0.05, 0) is 19.4 Å². The highest BCUT2D eigenvalue weighted by atomic mass is 19.1. The third-order valence-electron chi connectivity index (χ3n) is 2.97. The Balaban J connectivity index is 2.20. The molecule has 21 heavy (non-hydrogen) atoms. The first kappa shape index (κ1) is 15.0. The Kier molecular flexibility index (Phi) is 4.92. The number of ether oxygens (including phenoxy) is 1. The molecule has 1 N–H and O–H groups in total. The Hall–Kier alpha value is -2.37. The molecule has 0 amide bonds. The average Bonchev–Trinajstić information content (AvgIpc) is 2.83. The highest BCUT2D eigenvalue weighted by Gasteiger charge is 2.23. The molecule has 5 nitrogen and oxygen atoms in total. The zero-order valence-corrected chi connectivity index (χ0v) is 12.1. The number of nitrogens with one attached hydrogen (secondary N) is 1. The van der Waals surface area contributed by atoms with Gasteiger partial charge in [0.05, 0.1) is 6.61 Å². The van der Waals surface area contributed by atoms with Gasteiger partial charge in [0.1, 0.15) is 0 Å². The number of carbonyl (C=O) groups excluding carboxylic acids is 1. The quantitative estimate of drug-likeness (QED) is 0.831. The van der Waals surface area contributed by atoms with Crippen molar-refractivity contribution in [3.05, 3.63) is 47.4 Å². The van der Waals surface area contributed by atoms with Gasteiger partial charge in [0.15, 0.2) is 11.6 Å². The lowest BCUT2D eigenvalue weighted by Crippen LogP contribution is -2.08. The summed E-state index contributed by atoms with van der Waals surface area (Å²) < 4.78 is 20.5. The first-order valence-electron chi connectivity index (χ1n) is 6.88. The molecule has 0 spiro atoms. The summed E-state index contributed by atoms with van der Waals surface area (Å²) in [7, 11) is 0. The van der Waals surface area contributed by atoms with E-state index in [1.54, 1.807) is 6.92 Å². The van der Waals surface area contributed by atoms with Crippen LogP contribution in [0.4, 0.5) is 10.2 Å². The smallest absolute Gasteiger partial charge is 0.362 e. The predicted molar refractivity (Wildman–Crippen MR) is 77.6 cm³/mol. The summed E-state index contributed by atoms with van der Waals surface area (Å²) >= 11 is 0. The van der Waals surface area contributed by atoms with E-state index in [1.165, 1.54) is 4.68 Å². The Labute approximate surface area is 122 Å². The second-order valence-corrected chi connectivity index (χ2v) is 4.39. The van der Waals surface area contributed by atoms with Crippen molar-refractivity contribution in [3.8, 4) is 0 Å². The second kappa shape index (κ2) is 6.88. The van der Waals surface area contributed by atoms with Crippen LogP contribution in [0.25, 0.3) is 0 Å². The SMILES string of the molecule is CCOC(=O)c1nn(CC)c(NCc2ccccc2)c1F. The minimum Gasteiger partial charge on any atom is -0.461 e. The van der Waals surface area contributed by atoms with Crippen LogP contribution in [0.1, 0.15) is 29.9 Å². The second-order valence-electron chi connectivity index (χ2n) is 4.39. The van der Waals surface area contributed by atoms with Gasteiger partial charge in [0, 0.05) is 13.1 Å². The standard InChI is InChI=1S/C15H18FN3O2/c1-3-19-14(17-10-11-8-6-5-7-9-11)12(16)13(18-19)15(20)21-4-2/h5-9,17H,3-4,10H2,1-2H3. The Bertz CT molecular complexity index is 611. The minimum absolute atomic E-state index is 0.185. The number of anilines is 1. The number of esters is 1. The fourth-order valence-electron chi connectivity index (χ4n) is 1.95. The molecular formula is C15H18FN3O2. The number of benzene rings is 1. The minimum atomic E-state index is -0.745. The van der Waals surface area contributed by atoms with Crippen LogP contribution < -0.4 is 5.32 Å². The Morgan fingerprint density at radius 3 is 2.67 bits per heavy atom. The molecule has 1 heterocycles. The summed E-state index contributed by atoms with van der Waals surface area (Å²) in [4.78, 5) is 11.7. The third-order valence-corrected chi connectivity index (χ3v) is 2.97. The molecule has 0 bridgehead atoms. The van der Waals surface area contributed by atoms with Crippen LogP contribution in [0, 0.1) is 5.82 Å². The lowest BCUT2D eigenvalue weighted by atomic mass is 10.2. The summed E-state index contributed by atoms with van der Waals surface area (Å²) in [6, 6.07) is 9.61. The summed E-state index contributed by atoms with van der Waals surface area (Å²) in [5, 5.41) is 6.95. The van der Waals surface area contributed by atoms with Crippen molar-refractivity contribution < 1.29 is 13.9 Å². The van der Waals surface area contributed by atoms with E-state index in [9.17, 15) is 9.18 Å². The van der Waals surface area contributed by atoms with E-state index in [-0.39, 0.29) is 18.1 Å². The molecule has 0 unspecified atom stereocenters. The van der Waals surface area contributed by atoms with Gasteiger partial charge in [-0.25, -0.2) is 13.9 Å². The first-order valence-corrected chi connectivity index (χ1v) is 6.88. The molecule has 0 saturated carbocycles. The maximum absolute atomic E-state index is 14.3. The number of rotatable bonds is 6. The lowest BCUT2D eigenvalue weighted by Gasteiger charge is -2.08. The fraction of sp³-hybridized carbons (Fsp3) is 0.333. The maximum Gasteiger partial charge on any atom is 0.362 e. The van der Waals surface area contributed by atoms with E-state index < -0.39 is 11.8 Å². The van der Waals surface area contributed by atoms with Crippen molar-refractivity contribution in [2.24, 2.45) is 0 Å². The Morgan fingerprint density at radius 1 is 1.33 bits per heavy atom. The summed E-state index contributed by atoms with van der Waals surface area (Å²) in [5.74, 6) is -1.22. The molecule has 1 aromatic heterocycles. The van der Waals surface area contributed by atoms with Crippen LogP contribution >= 0.6 is 0 Å². The van der Waals surface area contributed by atoms with E-state index in [0.29, 0.717) is 13.1 Å². The van der Waals surface area contributed by atoms with Crippen molar-refractivity contribution in [2.45, 2.75) is 26.9 Å². The maximum atomic E-state index is 14.3. The van der Waals surface area contributed by atoms with E-state index in [1.807, 2.05) is 37.3 Å². The van der Waals surface area contributed by atoms with E-state index in [0.717, 1.165) is 5.56 Å². The van der Waals surface area contributed by atoms with Crippen LogP contribution in [0.2, 0.25) is 0 Å². The molecule has 0 radical (unpaired) electrons. The number of carbonyl (C=O) groups is 1. The van der Waals surface area contributed by atoms with Crippen LogP contribution in [0.15, 0.2) is 30.3 Å². The van der Waals surface area contributed by atoms with Crippen LogP contribution in [-0.2, 0) is 17.8 Å². The highest BCUT2D eigenvalue weighted by Crippen LogP contribution is 2.20. The lowest BCUT2D eigenvalue weighted by molar-refractivity contribution is 0.0513. The summed E-state index contributed by atoms with van der Waals surface area (Å²) in [6.07, 6.45) is 0.